The van der Waals surface area contributed by atoms with Crippen LogP contribution in [0.3, 0.4) is 0 Å². The lowest BCUT2D eigenvalue weighted by molar-refractivity contribution is 0.174. The van der Waals surface area contributed by atoms with Crippen molar-refractivity contribution < 1.29 is 9.47 Å². The van der Waals surface area contributed by atoms with Gasteiger partial charge in [0.25, 0.3) is 0 Å². The van der Waals surface area contributed by atoms with Crippen molar-refractivity contribution in [3.63, 3.8) is 0 Å². The van der Waals surface area contributed by atoms with Crippen molar-refractivity contribution in [2.24, 2.45) is 23.7 Å². The van der Waals surface area contributed by atoms with Crippen LogP contribution in [0.2, 0.25) is 5.02 Å². The average molecular weight is 306 g/mol. The normalized spacial score (nSPS) is 38.8. The highest BCUT2D eigenvalue weighted by Crippen LogP contribution is 2.59. The number of fused-ring (bicyclic) bond motifs is 6. The van der Waals surface area contributed by atoms with Crippen molar-refractivity contribution in [3.8, 4) is 11.5 Å². The van der Waals surface area contributed by atoms with Crippen LogP contribution >= 0.6 is 11.6 Å². The summed E-state index contributed by atoms with van der Waals surface area (Å²) in [7, 11) is 0. The number of hydrogen-bond donors (Lipinski definition) is 1. The molecule has 0 spiro atoms. The molecule has 0 saturated heterocycles. The van der Waals surface area contributed by atoms with Crippen LogP contribution in [0.15, 0.2) is 12.1 Å². The molecular weight excluding hydrogens is 286 g/mol. The van der Waals surface area contributed by atoms with E-state index in [1.54, 1.807) is 0 Å². The molecule has 3 saturated carbocycles. The molecule has 1 heterocycles. The molecule has 3 nitrogen and oxygen atoms in total. The Morgan fingerprint density at radius 2 is 1.81 bits per heavy atom. The quantitative estimate of drug-likeness (QED) is 0.883. The Labute approximate surface area is 130 Å². The second-order valence-corrected chi connectivity index (χ2v) is 7.50. The molecule has 3 aliphatic carbocycles. The highest BCUT2D eigenvalue weighted by atomic mass is 35.5. The molecule has 1 aromatic carbocycles. The van der Waals surface area contributed by atoms with Crippen LogP contribution in [0.4, 0.5) is 5.69 Å². The van der Waals surface area contributed by atoms with E-state index in [1.165, 1.54) is 32.1 Å². The molecule has 4 heteroatoms. The maximum absolute atomic E-state index is 6.40. The van der Waals surface area contributed by atoms with E-state index in [0.717, 1.165) is 45.9 Å². The van der Waals surface area contributed by atoms with Crippen molar-refractivity contribution in [2.45, 2.75) is 38.1 Å². The number of hydrogen-bond acceptors (Lipinski definition) is 3. The lowest BCUT2D eigenvalue weighted by Crippen LogP contribution is -2.33. The van der Waals surface area contributed by atoms with Crippen molar-refractivity contribution in [1.82, 2.24) is 0 Å². The Kier molecular flexibility index (Phi) is 2.64. The number of ether oxygens (including phenoxy) is 2. The summed E-state index contributed by atoms with van der Waals surface area (Å²) < 4.78 is 10.8. The van der Waals surface area contributed by atoms with Gasteiger partial charge in [-0.05, 0) is 49.4 Å². The van der Waals surface area contributed by atoms with Gasteiger partial charge in [-0.25, -0.2) is 0 Å². The first-order chi connectivity index (χ1) is 10.3. The molecule has 4 aliphatic rings. The number of nitrogens with one attached hydrogen (secondary N) is 1. The molecule has 112 valence electrons. The third kappa shape index (κ3) is 1.79. The number of anilines is 1. The topological polar surface area (TPSA) is 30.5 Å². The van der Waals surface area contributed by atoms with Gasteiger partial charge in [-0.2, -0.15) is 0 Å². The fourth-order valence-electron chi connectivity index (χ4n) is 5.46. The highest BCUT2D eigenvalue weighted by molar-refractivity contribution is 6.33. The van der Waals surface area contributed by atoms with Crippen molar-refractivity contribution in [3.05, 3.63) is 17.2 Å². The zero-order valence-electron chi connectivity index (χ0n) is 12.0. The Hall–Kier alpha value is -1.09. The Balaban J connectivity index is 1.39. The maximum atomic E-state index is 6.40. The van der Waals surface area contributed by atoms with E-state index in [4.69, 9.17) is 21.1 Å². The van der Waals surface area contributed by atoms with Gasteiger partial charge in [0.15, 0.2) is 11.5 Å². The third-order valence-corrected chi connectivity index (χ3v) is 6.54. The van der Waals surface area contributed by atoms with E-state index in [9.17, 15) is 0 Å². The van der Waals surface area contributed by atoms with E-state index in [-0.39, 0.29) is 0 Å². The van der Waals surface area contributed by atoms with Gasteiger partial charge in [0, 0.05) is 18.2 Å². The van der Waals surface area contributed by atoms with E-state index < -0.39 is 0 Å². The molecule has 0 radical (unpaired) electrons. The van der Waals surface area contributed by atoms with Crippen molar-refractivity contribution >= 4 is 17.3 Å². The minimum Gasteiger partial charge on any atom is -0.454 e. The van der Waals surface area contributed by atoms with Gasteiger partial charge in [-0.1, -0.05) is 18.0 Å². The van der Waals surface area contributed by atoms with Gasteiger partial charge in [0.1, 0.15) is 0 Å². The van der Waals surface area contributed by atoms with E-state index in [0.29, 0.717) is 12.8 Å². The van der Waals surface area contributed by atoms with Gasteiger partial charge < -0.3 is 14.8 Å². The van der Waals surface area contributed by atoms with Gasteiger partial charge in [-0.3, -0.25) is 0 Å². The smallest absolute Gasteiger partial charge is 0.231 e. The van der Waals surface area contributed by atoms with Crippen LogP contribution in [0.25, 0.3) is 0 Å². The maximum Gasteiger partial charge on any atom is 0.231 e. The number of halogens is 1. The molecule has 1 aliphatic heterocycles. The van der Waals surface area contributed by atoms with Crippen LogP contribution in [-0.2, 0) is 0 Å². The van der Waals surface area contributed by atoms with E-state index in [1.807, 2.05) is 12.1 Å². The lowest BCUT2D eigenvalue weighted by Gasteiger charge is -2.33. The standard InChI is InChI=1S/C17H20ClNO2/c18-13-6-16-17(21-8-20-16)7-15(13)19-14-5-9-4-12(14)11-3-1-2-10(9)11/h6-7,9-12,14,19H,1-5,8H2. The first-order valence-electron chi connectivity index (χ1n) is 8.15. The fraction of sp³-hybridized carbons (Fsp3) is 0.647. The summed E-state index contributed by atoms with van der Waals surface area (Å²) in [4.78, 5) is 0. The van der Waals surface area contributed by atoms with Gasteiger partial charge in [0.05, 0.1) is 10.7 Å². The average Bonchev–Trinajstić information content (AvgIpc) is 3.19. The minimum atomic E-state index is 0.299. The summed E-state index contributed by atoms with van der Waals surface area (Å²) in [6, 6.07) is 4.47. The largest absolute Gasteiger partial charge is 0.454 e. The molecule has 21 heavy (non-hydrogen) atoms. The first kappa shape index (κ1) is 12.5. The molecule has 0 amide bonds. The number of rotatable bonds is 2. The molecule has 5 atom stereocenters. The van der Waals surface area contributed by atoms with Crippen LogP contribution in [0, 0.1) is 23.7 Å². The zero-order chi connectivity index (χ0) is 14.0. The van der Waals surface area contributed by atoms with Gasteiger partial charge in [-0.15, -0.1) is 0 Å². The highest BCUT2D eigenvalue weighted by Gasteiger charge is 2.53. The van der Waals surface area contributed by atoms with Crippen LogP contribution in [0.5, 0.6) is 11.5 Å². The van der Waals surface area contributed by atoms with E-state index >= 15 is 0 Å². The molecule has 2 bridgehead atoms. The van der Waals surface area contributed by atoms with Crippen LogP contribution in [0.1, 0.15) is 32.1 Å². The third-order valence-electron chi connectivity index (χ3n) is 6.23. The second-order valence-electron chi connectivity index (χ2n) is 7.09. The number of benzene rings is 1. The molecular formula is C17H20ClNO2. The summed E-state index contributed by atoms with van der Waals surface area (Å²) in [5, 5.41) is 4.46. The molecule has 0 aromatic heterocycles. The summed E-state index contributed by atoms with van der Waals surface area (Å²) in [5.74, 6) is 5.37. The summed E-state index contributed by atoms with van der Waals surface area (Å²) in [5.41, 5.74) is 1.01. The summed E-state index contributed by atoms with van der Waals surface area (Å²) in [6.07, 6.45) is 7.10. The Morgan fingerprint density at radius 1 is 1.00 bits per heavy atom. The molecule has 1 N–H and O–H groups in total. The summed E-state index contributed by atoms with van der Waals surface area (Å²) >= 11 is 6.40. The second kappa shape index (κ2) is 4.45. The SMILES string of the molecule is Clc1cc2c(cc1NC1CC3CC1C1CCCC31)OCO2. The van der Waals surface area contributed by atoms with Gasteiger partial charge in [0.2, 0.25) is 6.79 Å². The van der Waals surface area contributed by atoms with Gasteiger partial charge >= 0.3 is 0 Å². The lowest BCUT2D eigenvalue weighted by atomic mass is 9.79. The Bertz CT molecular complexity index is 590. The summed E-state index contributed by atoms with van der Waals surface area (Å²) in [6.45, 7) is 0.299. The van der Waals surface area contributed by atoms with Crippen molar-refractivity contribution in [1.29, 1.82) is 0 Å². The fourth-order valence-corrected chi connectivity index (χ4v) is 5.67. The van der Waals surface area contributed by atoms with E-state index in [2.05, 4.69) is 5.32 Å². The molecule has 3 fully saturated rings. The van der Waals surface area contributed by atoms with Crippen LogP contribution < -0.4 is 14.8 Å². The molecule has 5 rings (SSSR count). The monoisotopic (exact) mass is 305 g/mol. The predicted octanol–water partition coefficient (Wildman–Crippen LogP) is 4.31. The van der Waals surface area contributed by atoms with Crippen molar-refractivity contribution in [2.75, 3.05) is 12.1 Å². The van der Waals surface area contributed by atoms with Crippen LogP contribution in [-0.4, -0.2) is 12.8 Å². The minimum absolute atomic E-state index is 0.299. The first-order valence-corrected chi connectivity index (χ1v) is 8.53. The molecule has 5 unspecified atom stereocenters. The molecule has 1 aromatic rings. The predicted molar refractivity (Wildman–Crippen MR) is 82.0 cm³/mol. The Morgan fingerprint density at radius 3 is 2.71 bits per heavy atom. The zero-order valence-corrected chi connectivity index (χ0v) is 12.7.